The largest absolute Gasteiger partial charge is 0.508 e. The molecule has 0 saturated carbocycles. The van der Waals surface area contributed by atoms with Crippen LogP contribution >= 0.6 is 11.3 Å². The van der Waals surface area contributed by atoms with Gasteiger partial charge in [-0.15, -0.1) is 17.9 Å². The molecule has 1 aromatic heterocycles. The standard InChI is InChI=1S/C19H17N3OS/c1-2-11-20-19-22(21-13-15-7-6-10-17(23)12-15)18(14-24-19)16-8-4-3-5-9-16/h2-10,12-14,23H,1,11H2. The quantitative estimate of drug-likeness (QED) is 0.558. The summed E-state index contributed by atoms with van der Waals surface area (Å²) in [5.41, 5.74) is 2.86. The molecule has 120 valence electrons. The van der Waals surface area contributed by atoms with Crippen molar-refractivity contribution in [2.75, 3.05) is 6.54 Å². The van der Waals surface area contributed by atoms with Gasteiger partial charge in [-0.1, -0.05) is 48.5 Å². The Morgan fingerprint density at radius 2 is 1.96 bits per heavy atom. The number of phenolic OH excluding ortho intramolecular Hbond substituents is 1. The van der Waals surface area contributed by atoms with Crippen LogP contribution in [0.15, 0.2) is 82.7 Å². The van der Waals surface area contributed by atoms with Crippen molar-refractivity contribution in [3.63, 3.8) is 0 Å². The van der Waals surface area contributed by atoms with Crippen LogP contribution < -0.4 is 4.80 Å². The highest BCUT2D eigenvalue weighted by molar-refractivity contribution is 7.07. The molecular weight excluding hydrogens is 318 g/mol. The maximum absolute atomic E-state index is 9.58. The Balaban J connectivity index is 2.06. The van der Waals surface area contributed by atoms with Gasteiger partial charge >= 0.3 is 0 Å². The Kier molecular flexibility index (Phi) is 5.03. The molecule has 1 N–H and O–H groups in total. The predicted molar refractivity (Wildman–Crippen MR) is 99.5 cm³/mol. The zero-order valence-electron chi connectivity index (χ0n) is 13.0. The minimum absolute atomic E-state index is 0.217. The second-order valence-corrected chi connectivity index (χ2v) is 5.89. The van der Waals surface area contributed by atoms with Gasteiger partial charge < -0.3 is 5.11 Å². The lowest BCUT2D eigenvalue weighted by Gasteiger charge is -2.03. The van der Waals surface area contributed by atoms with Gasteiger partial charge in [-0.05, 0) is 17.7 Å². The molecule has 0 aliphatic rings. The fraction of sp³-hybridized carbons (Fsp3) is 0.0526. The SMILES string of the molecule is C=CCN=c1scc(-c2ccccc2)n1N=Cc1cccc(O)c1. The van der Waals surface area contributed by atoms with Crippen LogP contribution in [0, 0.1) is 0 Å². The third kappa shape index (κ3) is 3.70. The molecule has 24 heavy (non-hydrogen) atoms. The maximum Gasteiger partial charge on any atom is 0.206 e. The van der Waals surface area contributed by atoms with Crippen molar-refractivity contribution in [1.82, 2.24) is 4.68 Å². The van der Waals surface area contributed by atoms with Gasteiger partial charge in [-0.3, -0.25) is 4.99 Å². The van der Waals surface area contributed by atoms with E-state index in [-0.39, 0.29) is 5.75 Å². The van der Waals surface area contributed by atoms with Crippen LogP contribution in [0.4, 0.5) is 0 Å². The highest BCUT2D eigenvalue weighted by Crippen LogP contribution is 2.19. The lowest BCUT2D eigenvalue weighted by molar-refractivity contribution is 0.475. The lowest BCUT2D eigenvalue weighted by Crippen LogP contribution is -2.12. The fourth-order valence-electron chi connectivity index (χ4n) is 2.20. The minimum Gasteiger partial charge on any atom is -0.508 e. The second kappa shape index (κ2) is 7.57. The molecule has 0 spiro atoms. The molecule has 5 heteroatoms. The first-order valence-electron chi connectivity index (χ1n) is 7.48. The molecule has 2 aromatic carbocycles. The van der Waals surface area contributed by atoms with Crippen molar-refractivity contribution in [3.05, 3.63) is 83.0 Å². The van der Waals surface area contributed by atoms with Gasteiger partial charge in [0.1, 0.15) is 5.75 Å². The summed E-state index contributed by atoms with van der Waals surface area (Å²) in [6.45, 7) is 4.25. The molecule has 0 bridgehead atoms. The highest BCUT2D eigenvalue weighted by atomic mass is 32.1. The summed E-state index contributed by atoms with van der Waals surface area (Å²) in [6.07, 6.45) is 3.47. The third-order valence-electron chi connectivity index (χ3n) is 3.30. The summed E-state index contributed by atoms with van der Waals surface area (Å²) in [4.78, 5) is 5.30. The number of hydrogen-bond acceptors (Lipinski definition) is 4. The molecular formula is C19H17N3OS. The number of rotatable bonds is 5. The van der Waals surface area contributed by atoms with E-state index in [9.17, 15) is 5.11 Å². The van der Waals surface area contributed by atoms with Crippen molar-refractivity contribution in [3.8, 4) is 17.0 Å². The van der Waals surface area contributed by atoms with Gasteiger partial charge in [-0.25, -0.2) is 4.68 Å². The fourth-order valence-corrected chi connectivity index (χ4v) is 3.05. The van der Waals surface area contributed by atoms with Crippen LogP contribution in [0.3, 0.4) is 0 Å². The normalized spacial score (nSPS) is 11.9. The Morgan fingerprint density at radius 1 is 1.12 bits per heavy atom. The van der Waals surface area contributed by atoms with Gasteiger partial charge in [0.05, 0.1) is 18.5 Å². The molecule has 3 rings (SSSR count). The molecule has 0 amide bonds. The summed E-state index contributed by atoms with van der Waals surface area (Å²) >= 11 is 1.53. The summed E-state index contributed by atoms with van der Waals surface area (Å²) in [7, 11) is 0. The van der Waals surface area contributed by atoms with Crippen LogP contribution in [0.5, 0.6) is 5.75 Å². The molecule has 0 aliphatic carbocycles. The molecule has 1 heterocycles. The van der Waals surface area contributed by atoms with Crippen LogP contribution in [0.25, 0.3) is 11.3 Å². The molecule has 0 fully saturated rings. The van der Waals surface area contributed by atoms with Crippen molar-refractivity contribution >= 4 is 17.6 Å². The molecule has 4 nitrogen and oxygen atoms in total. The van der Waals surface area contributed by atoms with Gasteiger partial charge in [0, 0.05) is 10.9 Å². The van der Waals surface area contributed by atoms with Crippen molar-refractivity contribution in [2.45, 2.75) is 0 Å². The van der Waals surface area contributed by atoms with E-state index in [0.717, 1.165) is 21.6 Å². The first-order valence-corrected chi connectivity index (χ1v) is 8.36. The number of thiazole rings is 1. The van der Waals surface area contributed by atoms with E-state index in [1.54, 1.807) is 30.5 Å². The molecule has 0 radical (unpaired) electrons. The maximum atomic E-state index is 9.58. The number of aromatic nitrogens is 1. The zero-order valence-corrected chi connectivity index (χ0v) is 13.9. The Bertz CT molecular complexity index is 923. The average Bonchev–Trinajstić information content (AvgIpc) is 3.02. The Morgan fingerprint density at radius 3 is 2.71 bits per heavy atom. The number of nitrogens with zero attached hydrogens (tertiary/aromatic N) is 3. The van der Waals surface area contributed by atoms with E-state index in [0.29, 0.717) is 6.54 Å². The molecule has 0 atom stereocenters. The van der Waals surface area contributed by atoms with E-state index in [2.05, 4.69) is 16.7 Å². The first kappa shape index (κ1) is 16.0. The number of benzene rings is 2. The van der Waals surface area contributed by atoms with Crippen LogP contribution in [-0.2, 0) is 0 Å². The number of hydrogen-bond donors (Lipinski definition) is 1. The van der Waals surface area contributed by atoms with E-state index in [4.69, 9.17) is 0 Å². The second-order valence-electron chi connectivity index (χ2n) is 5.05. The first-order chi connectivity index (χ1) is 11.8. The van der Waals surface area contributed by atoms with E-state index < -0.39 is 0 Å². The van der Waals surface area contributed by atoms with Crippen molar-refractivity contribution in [1.29, 1.82) is 0 Å². The van der Waals surface area contributed by atoms with Gasteiger partial charge in [-0.2, -0.15) is 5.10 Å². The zero-order chi connectivity index (χ0) is 16.8. The topological polar surface area (TPSA) is 49.9 Å². The van der Waals surface area contributed by atoms with Gasteiger partial charge in [0.15, 0.2) is 0 Å². The summed E-state index contributed by atoms with van der Waals surface area (Å²) in [5, 5.41) is 16.2. The Labute approximate surface area is 144 Å². The van der Waals surface area contributed by atoms with E-state index in [1.165, 1.54) is 11.3 Å². The summed E-state index contributed by atoms with van der Waals surface area (Å²) in [5.74, 6) is 0.217. The predicted octanol–water partition coefficient (Wildman–Crippen LogP) is 3.89. The molecule has 3 aromatic rings. The van der Waals surface area contributed by atoms with E-state index >= 15 is 0 Å². The summed E-state index contributed by atoms with van der Waals surface area (Å²) < 4.78 is 1.81. The molecule has 0 saturated heterocycles. The molecule has 0 aliphatic heterocycles. The van der Waals surface area contributed by atoms with Gasteiger partial charge in [0.2, 0.25) is 4.80 Å². The number of aromatic hydroxyl groups is 1. The monoisotopic (exact) mass is 335 g/mol. The lowest BCUT2D eigenvalue weighted by atomic mass is 10.2. The minimum atomic E-state index is 0.217. The summed E-state index contributed by atoms with van der Waals surface area (Å²) in [6, 6.07) is 17.0. The van der Waals surface area contributed by atoms with E-state index in [1.807, 2.05) is 46.5 Å². The van der Waals surface area contributed by atoms with Crippen molar-refractivity contribution < 1.29 is 5.11 Å². The smallest absolute Gasteiger partial charge is 0.206 e. The van der Waals surface area contributed by atoms with Crippen LogP contribution in [-0.4, -0.2) is 22.5 Å². The third-order valence-corrected chi connectivity index (χ3v) is 4.16. The van der Waals surface area contributed by atoms with Gasteiger partial charge in [0.25, 0.3) is 0 Å². The highest BCUT2D eigenvalue weighted by Gasteiger charge is 2.06. The Hall–Kier alpha value is -2.92. The number of phenols is 1. The average molecular weight is 335 g/mol. The van der Waals surface area contributed by atoms with Crippen molar-refractivity contribution in [2.24, 2.45) is 10.1 Å². The van der Waals surface area contributed by atoms with Crippen LogP contribution in [0.2, 0.25) is 0 Å². The molecule has 0 unspecified atom stereocenters. The van der Waals surface area contributed by atoms with Crippen LogP contribution in [0.1, 0.15) is 5.56 Å².